The van der Waals surface area contributed by atoms with Gasteiger partial charge < -0.3 is 4.57 Å². The Morgan fingerprint density at radius 3 is 1.53 bits per heavy atom. The highest BCUT2D eigenvalue weighted by atomic mass is 16.2. The zero-order valence-electron chi connectivity index (χ0n) is 18.1. The fourth-order valence-electron chi connectivity index (χ4n) is 5.22. The molecule has 0 unspecified atom stereocenters. The first-order chi connectivity index (χ1) is 16.7. The molecular formula is C30H18N2O2. The number of nitrogens with zero attached hydrogens (tertiary/aromatic N) is 2. The average molecular weight is 438 g/mol. The fraction of sp³-hybridized carbons (Fsp3) is 0. The van der Waals surface area contributed by atoms with Gasteiger partial charge in [0.15, 0.2) is 0 Å². The van der Waals surface area contributed by atoms with Gasteiger partial charge in [0.25, 0.3) is 11.8 Å². The van der Waals surface area contributed by atoms with Crippen LogP contribution in [-0.4, -0.2) is 16.4 Å². The third kappa shape index (κ3) is 2.48. The molecule has 2 amide bonds. The highest BCUT2D eigenvalue weighted by molar-refractivity contribution is 6.35. The number of rotatable bonds is 2. The standard InChI is InChI=1S/C30H18N2O2/c33-29-24-11-5-7-19-8-6-12-25(28(19)24)30(34)32(29)21-17-15-20(16-18-21)31-26-13-3-1-9-22(26)23-10-2-4-14-27(23)31/h1-18H. The molecule has 4 heteroatoms. The number of carbonyl (C=O) groups is 2. The van der Waals surface area contributed by atoms with Crippen LogP contribution < -0.4 is 4.90 Å². The Bertz CT molecular complexity index is 1690. The summed E-state index contributed by atoms with van der Waals surface area (Å²) in [5, 5.41) is 4.01. The second-order valence-electron chi connectivity index (χ2n) is 8.54. The van der Waals surface area contributed by atoms with E-state index in [1.165, 1.54) is 15.7 Å². The van der Waals surface area contributed by atoms with Gasteiger partial charge >= 0.3 is 0 Å². The lowest BCUT2D eigenvalue weighted by molar-refractivity contribution is 0.0893. The first-order valence-corrected chi connectivity index (χ1v) is 11.2. The van der Waals surface area contributed by atoms with E-state index in [0.29, 0.717) is 16.8 Å². The van der Waals surface area contributed by atoms with E-state index in [4.69, 9.17) is 0 Å². The summed E-state index contributed by atoms with van der Waals surface area (Å²) in [7, 11) is 0. The molecule has 6 aromatic rings. The maximum Gasteiger partial charge on any atom is 0.265 e. The summed E-state index contributed by atoms with van der Waals surface area (Å²) >= 11 is 0. The number of para-hydroxylation sites is 2. The van der Waals surface area contributed by atoms with Crippen molar-refractivity contribution in [1.29, 1.82) is 0 Å². The fourth-order valence-corrected chi connectivity index (χ4v) is 5.22. The summed E-state index contributed by atoms with van der Waals surface area (Å²) in [6.45, 7) is 0. The van der Waals surface area contributed by atoms with Crippen molar-refractivity contribution in [3.8, 4) is 5.69 Å². The lowest BCUT2D eigenvalue weighted by Gasteiger charge is -2.27. The van der Waals surface area contributed by atoms with Crippen molar-refractivity contribution in [2.75, 3.05) is 4.90 Å². The topological polar surface area (TPSA) is 42.3 Å². The lowest BCUT2D eigenvalue weighted by Crippen LogP contribution is -2.40. The molecule has 160 valence electrons. The molecule has 0 saturated carbocycles. The van der Waals surface area contributed by atoms with Crippen LogP contribution in [0.3, 0.4) is 0 Å². The van der Waals surface area contributed by atoms with Gasteiger partial charge in [-0.3, -0.25) is 9.59 Å². The number of aromatic nitrogens is 1. The number of hydrogen-bond donors (Lipinski definition) is 0. The molecule has 0 fully saturated rings. The van der Waals surface area contributed by atoms with Crippen molar-refractivity contribution in [3.63, 3.8) is 0 Å². The molecule has 7 rings (SSSR count). The highest BCUT2D eigenvalue weighted by Gasteiger charge is 2.33. The van der Waals surface area contributed by atoms with Crippen molar-refractivity contribution in [3.05, 3.63) is 120 Å². The van der Waals surface area contributed by atoms with E-state index in [1.807, 2.05) is 72.8 Å². The zero-order chi connectivity index (χ0) is 22.8. The zero-order valence-corrected chi connectivity index (χ0v) is 18.1. The number of amides is 2. The van der Waals surface area contributed by atoms with Gasteiger partial charge in [-0.1, -0.05) is 60.7 Å². The summed E-state index contributed by atoms with van der Waals surface area (Å²) in [4.78, 5) is 28.0. The Hall–Kier alpha value is -4.70. The number of fused-ring (bicyclic) bond motifs is 3. The predicted molar refractivity (Wildman–Crippen MR) is 136 cm³/mol. The number of carbonyl (C=O) groups excluding carboxylic acids is 2. The number of benzene rings is 5. The van der Waals surface area contributed by atoms with Crippen molar-refractivity contribution in [2.24, 2.45) is 0 Å². The van der Waals surface area contributed by atoms with Crippen LogP contribution in [0, 0.1) is 0 Å². The molecule has 1 aromatic heterocycles. The molecule has 0 spiro atoms. The second kappa shape index (κ2) is 6.90. The molecule has 2 heterocycles. The molecule has 1 aliphatic heterocycles. The minimum absolute atomic E-state index is 0.293. The van der Waals surface area contributed by atoms with Crippen molar-refractivity contribution < 1.29 is 9.59 Å². The maximum atomic E-state index is 13.4. The smallest absolute Gasteiger partial charge is 0.265 e. The Morgan fingerprint density at radius 2 is 0.971 bits per heavy atom. The van der Waals surface area contributed by atoms with Gasteiger partial charge in [0.05, 0.1) is 16.7 Å². The van der Waals surface area contributed by atoms with Crippen LogP contribution in [0.15, 0.2) is 109 Å². The van der Waals surface area contributed by atoms with E-state index in [2.05, 4.69) is 28.8 Å². The van der Waals surface area contributed by atoms with Crippen molar-refractivity contribution in [2.45, 2.75) is 0 Å². The molecule has 0 atom stereocenters. The molecule has 1 aliphatic rings. The third-order valence-corrected chi connectivity index (χ3v) is 6.72. The van der Waals surface area contributed by atoms with Crippen LogP contribution in [0.1, 0.15) is 20.7 Å². The molecule has 0 saturated heterocycles. The van der Waals surface area contributed by atoms with Crippen LogP contribution >= 0.6 is 0 Å². The third-order valence-electron chi connectivity index (χ3n) is 6.72. The summed E-state index contributed by atoms with van der Waals surface area (Å²) < 4.78 is 2.21. The Morgan fingerprint density at radius 1 is 0.471 bits per heavy atom. The first kappa shape index (κ1) is 18.8. The largest absolute Gasteiger partial charge is 0.309 e. The molecule has 0 N–H and O–H groups in total. The normalized spacial score (nSPS) is 13.4. The Balaban J connectivity index is 1.37. The summed E-state index contributed by atoms with van der Waals surface area (Å²) in [6, 6.07) is 35.5. The van der Waals surface area contributed by atoms with Crippen molar-refractivity contribution in [1.82, 2.24) is 4.57 Å². The summed E-state index contributed by atoms with van der Waals surface area (Å²) in [5.74, 6) is -0.585. The van der Waals surface area contributed by atoms with Crippen LogP contribution in [0.5, 0.6) is 0 Å². The number of anilines is 1. The van der Waals surface area contributed by atoms with Gasteiger partial charge in [-0.25, -0.2) is 4.90 Å². The molecule has 0 bridgehead atoms. The minimum atomic E-state index is -0.293. The molecular weight excluding hydrogens is 420 g/mol. The van der Waals surface area contributed by atoms with Crippen molar-refractivity contribution >= 4 is 50.1 Å². The first-order valence-electron chi connectivity index (χ1n) is 11.2. The number of hydrogen-bond acceptors (Lipinski definition) is 2. The molecule has 4 nitrogen and oxygen atoms in total. The Kier molecular flexibility index (Phi) is 3.82. The Labute approximate surface area is 195 Å². The van der Waals surface area contributed by atoms with Gasteiger partial charge in [-0.2, -0.15) is 0 Å². The molecule has 34 heavy (non-hydrogen) atoms. The van der Waals surface area contributed by atoms with Gasteiger partial charge in [0.2, 0.25) is 0 Å². The predicted octanol–water partition coefficient (Wildman–Crippen LogP) is 6.74. The summed E-state index contributed by atoms with van der Waals surface area (Å²) in [6.07, 6.45) is 0. The minimum Gasteiger partial charge on any atom is -0.309 e. The SMILES string of the molecule is O=C1c2cccc3cccc(c23)C(=O)N1c1ccc(-n2c3ccccc3c3ccccc32)cc1. The van der Waals surface area contributed by atoms with E-state index >= 15 is 0 Å². The quantitative estimate of drug-likeness (QED) is 0.281. The maximum absolute atomic E-state index is 13.4. The average Bonchev–Trinajstić information content (AvgIpc) is 3.22. The molecule has 5 aromatic carbocycles. The van der Waals surface area contributed by atoms with Gasteiger partial charge in [-0.15, -0.1) is 0 Å². The summed E-state index contributed by atoms with van der Waals surface area (Å²) in [5.41, 5.74) is 4.87. The molecule has 0 aliphatic carbocycles. The van der Waals surface area contributed by atoms with E-state index in [9.17, 15) is 9.59 Å². The second-order valence-corrected chi connectivity index (χ2v) is 8.54. The van der Waals surface area contributed by atoms with E-state index in [0.717, 1.165) is 27.5 Å². The van der Waals surface area contributed by atoms with Crippen LogP contribution in [-0.2, 0) is 0 Å². The van der Waals surface area contributed by atoms with Gasteiger partial charge in [0, 0.05) is 33.0 Å². The monoisotopic (exact) mass is 438 g/mol. The van der Waals surface area contributed by atoms with Gasteiger partial charge in [0.1, 0.15) is 0 Å². The van der Waals surface area contributed by atoms with E-state index < -0.39 is 0 Å². The van der Waals surface area contributed by atoms with E-state index in [-0.39, 0.29) is 11.8 Å². The van der Waals surface area contributed by atoms with Crippen LogP contribution in [0.2, 0.25) is 0 Å². The van der Waals surface area contributed by atoms with Crippen LogP contribution in [0.25, 0.3) is 38.3 Å². The molecule has 0 radical (unpaired) electrons. The van der Waals surface area contributed by atoms with E-state index in [1.54, 1.807) is 12.1 Å². The number of imide groups is 1. The lowest BCUT2D eigenvalue weighted by atomic mass is 9.94. The van der Waals surface area contributed by atoms with Gasteiger partial charge in [-0.05, 0) is 53.9 Å². The van der Waals surface area contributed by atoms with Crippen LogP contribution in [0.4, 0.5) is 5.69 Å². The highest BCUT2D eigenvalue weighted by Crippen LogP contribution is 2.35.